The Bertz CT molecular complexity index is 557. The van der Waals surface area contributed by atoms with E-state index in [-0.39, 0.29) is 0 Å². The third-order valence-corrected chi connectivity index (χ3v) is 4.87. The van der Waals surface area contributed by atoms with E-state index in [9.17, 15) is 5.11 Å². The Morgan fingerprint density at radius 2 is 1.93 bits per heavy atom. The summed E-state index contributed by atoms with van der Waals surface area (Å²) in [5, 5.41) is 17.5. The van der Waals surface area contributed by atoms with Crippen molar-refractivity contribution in [2.75, 3.05) is 52.5 Å². The van der Waals surface area contributed by atoms with Gasteiger partial charge in [0, 0.05) is 38.6 Å². The molecule has 152 valence electrons. The van der Waals surface area contributed by atoms with Crippen molar-refractivity contribution < 1.29 is 9.84 Å². The summed E-state index contributed by atoms with van der Waals surface area (Å²) in [6, 6.07) is 10.6. The van der Waals surface area contributed by atoms with Crippen LogP contribution in [0.15, 0.2) is 35.3 Å². The minimum atomic E-state index is -0.858. The monoisotopic (exact) mass is 376 g/mol. The van der Waals surface area contributed by atoms with Crippen molar-refractivity contribution in [1.82, 2.24) is 15.5 Å². The van der Waals surface area contributed by atoms with Gasteiger partial charge in [-0.25, -0.2) is 0 Å². The van der Waals surface area contributed by atoms with Gasteiger partial charge in [-0.05, 0) is 25.8 Å². The van der Waals surface area contributed by atoms with Crippen LogP contribution in [-0.4, -0.2) is 74.0 Å². The Labute approximate surface area is 164 Å². The Balaban J connectivity index is 1.90. The van der Waals surface area contributed by atoms with Crippen LogP contribution in [0.25, 0.3) is 0 Å². The lowest BCUT2D eigenvalue weighted by atomic mass is 9.97. The van der Waals surface area contributed by atoms with Gasteiger partial charge in [0.25, 0.3) is 0 Å². The normalized spacial score (nSPS) is 19.3. The van der Waals surface area contributed by atoms with Crippen LogP contribution >= 0.6 is 0 Å². The van der Waals surface area contributed by atoms with Crippen LogP contribution in [0.1, 0.15) is 38.7 Å². The molecule has 1 heterocycles. The Hall–Kier alpha value is -1.63. The molecule has 0 spiro atoms. The Morgan fingerprint density at radius 1 is 1.22 bits per heavy atom. The number of aliphatic imine (C=N–C) groups is 1. The van der Waals surface area contributed by atoms with Crippen LogP contribution in [0.3, 0.4) is 0 Å². The van der Waals surface area contributed by atoms with Crippen LogP contribution < -0.4 is 10.6 Å². The molecule has 0 aromatic heterocycles. The molecule has 0 aliphatic carbocycles. The molecule has 6 heteroatoms. The van der Waals surface area contributed by atoms with E-state index < -0.39 is 5.60 Å². The molecule has 1 aromatic rings. The molecule has 1 fully saturated rings. The summed E-state index contributed by atoms with van der Waals surface area (Å²) in [5.74, 6) is 1.19. The zero-order chi connectivity index (χ0) is 19.5. The molecule has 2 rings (SSSR count). The molecule has 1 aliphatic rings. The van der Waals surface area contributed by atoms with Crippen LogP contribution in [0.5, 0.6) is 0 Å². The fourth-order valence-electron chi connectivity index (χ4n) is 3.33. The predicted molar refractivity (Wildman–Crippen MR) is 111 cm³/mol. The van der Waals surface area contributed by atoms with E-state index in [2.05, 4.69) is 58.6 Å². The van der Waals surface area contributed by atoms with Crippen molar-refractivity contribution >= 4 is 5.96 Å². The van der Waals surface area contributed by atoms with Crippen LogP contribution in [-0.2, 0) is 4.74 Å². The van der Waals surface area contributed by atoms with Crippen molar-refractivity contribution in [1.29, 1.82) is 0 Å². The number of nitrogens with one attached hydrogen (secondary N) is 2. The first-order chi connectivity index (χ1) is 13.0. The average molecular weight is 377 g/mol. The molecule has 1 aromatic carbocycles. The quantitative estimate of drug-likeness (QED) is 0.453. The van der Waals surface area contributed by atoms with Gasteiger partial charge in [-0.1, -0.05) is 37.3 Å². The molecule has 1 aliphatic heterocycles. The van der Waals surface area contributed by atoms with Gasteiger partial charge in [0.2, 0.25) is 0 Å². The van der Waals surface area contributed by atoms with Gasteiger partial charge in [-0.2, -0.15) is 0 Å². The van der Waals surface area contributed by atoms with E-state index >= 15 is 0 Å². The second-order valence-electron chi connectivity index (χ2n) is 7.48. The number of benzene rings is 1. The molecule has 0 bridgehead atoms. The third-order valence-electron chi connectivity index (χ3n) is 4.87. The summed E-state index contributed by atoms with van der Waals surface area (Å²) in [6.45, 7) is 11.9. The van der Waals surface area contributed by atoms with E-state index in [1.54, 1.807) is 0 Å². The zero-order valence-corrected chi connectivity index (χ0v) is 17.1. The molecule has 1 saturated heterocycles. The summed E-state index contributed by atoms with van der Waals surface area (Å²) in [5.41, 5.74) is 0.478. The highest BCUT2D eigenvalue weighted by atomic mass is 16.5. The summed E-state index contributed by atoms with van der Waals surface area (Å²) >= 11 is 0. The van der Waals surface area contributed by atoms with Crippen molar-refractivity contribution in [3.8, 4) is 0 Å². The predicted octanol–water partition coefficient (Wildman–Crippen LogP) is 1.82. The lowest BCUT2D eigenvalue weighted by Crippen LogP contribution is -2.48. The van der Waals surface area contributed by atoms with E-state index in [0.29, 0.717) is 19.0 Å². The zero-order valence-electron chi connectivity index (χ0n) is 17.1. The molecular weight excluding hydrogens is 340 g/mol. The van der Waals surface area contributed by atoms with E-state index in [4.69, 9.17) is 4.74 Å². The van der Waals surface area contributed by atoms with Gasteiger partial charge in [-0.15, -0.1) is 0 Å². The number of β-amino-alcohol motifs (C(OH)–C–C–N with tert-alkyl or cyclic N) is 1. The van der Waals surface area contributed by atoms with Crippen molar-refractivity contribution in [2.24, 2.45) is 4.99 Å². The van der Waals surface area contributed by atoms with E-state index in [1.807, 2.05) is 13.0 Å². The minimum absolute atomic E-state index is 0.363. The summed E-state index contributed by atoms with van der Waals surface area (Å²) in [7, 11) is 0. The second kappa shape index (κ2) is 11.3. The molecule has 0 saturated carbocycles. The van der Waals surface area contributed by atoms with Crippen LogP contribution in [0, 0.1) is 0 Å². The fraction of sp³-hybridized carbons (Fsp3) is 0.667. The maximum Gasteiger partial charge on any atom is 0.191 e. The molecule has 0 radical (unpaired) electrons. The first kappa shape index (κ1) is 21.7. The summed E-state index contributed by atoms with van der Waals surface area (Å²) in [4.78, 5) is 6.88. The second-order valence-corrected chi connectivity index (χ2v) is 7.48. The number of guanidine groups is 1. The first-order valence-electron chi connectivity index (χ1n) is 10.1. The molecule has 2 unspecified atom stereocenters. The number of ether oxygens (including phenoxy) is 1. The van der Waals surface area contributed by atoms with Crippen molar-refractivity contribution in [2.45, 2.75) is 38.7 Å². The highest BCUT2D eigenvalue weighted by Crippen LogP contribution is 2.18. The standard InChI is InChI=1S/C21H36N4O2/c1-4-18(19-9-7-6-8-10-19)15-23-20(22-5-2)24-16-21(3,26)17-25-11-13-27-14-12-25/h6-10,18,26H,4-5,11-17H2,1-3H3,(H2,22,23,24). The van der Waals surface area contributed by atoms with Gasteiger partial charge in [-0.3, -0.25) is 9.89 Å². The third kappa shape index (κ3) is 7.87. The highest BCUT2D eigenvalue weighted by molar-refractivity contribution is 5.79. The SMILES string of the molecule is CCNC(=NCC(C)(O)CN1CCOCC1)NCC(CC)c1ccccc1. The molecule has 6 nitrogen and oxygen atoms in total. The largest absolute Gasteiger partial charge is 0.387 e. The number of rotatable bonds is 9. The lowest BCUT2D eigenvalue weighted by molar-refractivity contribution is -0.0179. The van der Waals surface area contributed by atoms with Crippen LogP contribution in [0.4, 0.5) is 0 Å². The number of hydrogen-bond acceptors (Lipinski definition) is 4. The average Bonchev–Trinajstić information content (AvgIpc) is 2.68. The number of nitrogens with zero attached hydrogens (tertiary/aromatic N) is 2. The number of hydrogen-bond donors (Lipinski definition) is 3. The molecule has 2 atom stereocenters. The Morgan fingerprint density at radius 3 is 2.56 bits per heavy atom. The van der Waals surface area contributed by atoms with Gasteiger partial charge >= 0.3 is 0 Å². The first-order valence-corrected chi connectivity index (χ1v) is 10.1. The maximum atomic E-state index is 10.7. The Kier molecular flexibility index (Phi) is 9.04. The maximum absolute atomic E-state index is 10.7. The van der Waals surface area contributed by atoms with Crippen molar-refractivity contribution in [3.63, 3.8) is 0 Å². The molecule has 27 heavy (non-hydrogen) atoms. The van der Waals surface area contributed by atoms with Crippen LogP contribution in [0.2, 0.25) is 0 Å². The van der Waals surface area contributed by atoms with Crippen molar-refractivity contribution in [3.05, 3.63) is 35.9 Å². The summed E-state index contributed by atoms with van der Waals surface area (Å²) in [6.07, 6.45) is 1.06. The van der Waals surface area contributed by atoms with Gasteiger partial charge in [0.15, 0.2) is 5.96 Å². The summed E-state index contributed by atoms with van der Waals surface area (Å²) < 4.78 is 5.37. The highest BCUT2D eigenvalue weighted by Gasteiger charge is 2.25. The van der Waals surface area contributed by atoms with E-state index in [0.717, 1.165) is 51.8 Å². The lowest BCUT2D eigenvalue weighted by Gasteiger charge is -2.33. The smallest absolute Gasteiger partial charge is 0.191 e. The molecule has 0 amide bonds. The topological polar surface area (TPSA) is 69.1 Å². The number of aliphatic hydroxyl groups is 1. The molecule has 3 N–H and O–H groups in total. The number of morpholine rings is 1. The fourth-order valence-corrected chi connectivity index (χ4v) is 3.33. The van der Waals surface area contributed by atoms with Gasteiger partial charge < -0.3 is 20.5 Å². The minimum Gasteiger partial charge on any atom is -0.387 e. The van der Waals surface area contributed by atoms with Gasteiger partial charge in [0.05, 0.1) is 25.4 Å². The van der Waals surface area contributed by atoms with Gasteiger partial charge in [0.1, 0.15) is 0 Å². The molecular formula is C21H36N4O2. The van der Waals surface area contributed by atoms with E-state index in [1.165, 1.54) is 5.56 Å².